The predicted molar refractivity (Wildman–Crippen MR) is 123 cm³/mol. The number of thioether (sulfide) groups is 1. The number of ether oxygens (including phenoxy) is 1. The molecule has 1 aliphatic rings. The summed E-state index contributed by atoms with van der Waals surface area (Å²) in [5.41, 5.74) is 3.22. The Bertz CT molecular complexity index is 1210. The van der Waals surface area contributed by atoms with Crippen molar-refractivity contribution in [1.29, 1.82) is 0 Å². The van der Waals surface area contributed by atoms with Crippen LogP contribution in [0.2, 0.25) is 0 Å². The number of hydrogen-bond acceptors (Lipinski definition) is 6. The first-order chi connectivity index (χ1) is 15.4. The number of hydrogen-bond donors (Lipinski definition) is 0. The fourth-order valence-electron chi connectivity index (χ4n) is 3.33. The number of rotatable bonds is 6. The van der Waals surface area contributed by atoms with E-state index in [4.69, 9.17) is 9.15 Å². The molecule has 0 unspecified atom stereocenters. The average Bonchev–Trinajstić information content (AvgIpc) is 3.34. The van der Waals surface area contributed by atoms with E-state index in [1.165, 1.54) is 4.90 Å². The summed E-state index contributed by atoms with van der Waals surface area (Å²) in [6, 6.07) is 18.1. The number of imide groups is 1. The lowest BCUT2D eigenvalue weighted by atomic mass is 10.1. The van der Waals surface area contributed by atoms with Crippen molar-refractivity contribution in [2.24, 2.45) is 0 Å². The van der Waals surface area contributed by atoms with Crippen molar-refractivity contribution in [3.05, 3.63) is 88.0 Å². The van der Waals surface area contributed by atoms with E-state index in [-0.39, 0.29) is 23.7 Å². The molecule has 6 nitrogen and oxygen atoms in total. The van der Waals surface area contributed by atoms with Crippen molar-refractivity contribution in [1.82, 2.24) is 4.90 Å². The van der Waals surface area contributed by atoms with Crippen LogP contribution in [0.4, 0.5) is 4.79 Å². The Morgan fingerprint density at radius 2 is 1.88 bits per heavy atom. The Morgan fingerprint density at radius 1 is 1.09 bits per heavy atom. The summed E-state index contributed by atoms with van der Waals surface area (Å²) in [4.78, 5) is 38.5. The van der Waals surface area contributed by atoms with Gasteiger partial charge < -0.3 is 9.15 Å². The second kappa shape index (κ2) is 9.28. The quantitative estimate of drug-likeness (QED) is 0.358. The molecule has 0 spiro atoms. The summed E-state index contributed by atoms with van der Waals surface area (Å²) in [7, 11) is 0. The third-order valence-electron chi connectivity index (χ3n) is 4.88. The van der Waals surface area contributed by atoms with Gasteiger partial charge in [-0.25, -0.2) is 4.79 Å². The topological polar surface area (TPSA) is 76.8 Å². The first-order valence-corrected chi connectivity index (χ1v) is 10.9. The molecule has 32 heavy (non-hydrogen) atoms. The number of carbonyl (C=O) groups excluding carboxylic acids is 3. The Morgan fingerprint density at radius 3 is 2.59 bits per heavy atom. The molecule has 2 amide bonds. The molecule has 1 aromatic heterocycles. The lowest BCUT2D eigenvalue weighted by molar-refractivity contribution is -0.123. The third-order valence-corrected chi connectivity index (χ3v) is 5.78. The Kier molecular flexibility index (Phi) is 6.28. The van der Waals surface area contributed by atoms with Gasteiger partial charge in [-0.2, -0.15) is 0 Å². The van der Waals surface area contributed by atoms with Crippen LogP contribution in [0.5, 0.6) is 0 Å². The maximum Gasteiger partial charge on any atom is 0.338 e. The Balaban J connectivity index is 1.48. The predicted octanol–water partition coefficient (Wildman–Crippen LogP) is 5.67. The normalized spacial score (nSPS) is 14.9. The number of benzene rings is 2. The first-order valence-electron chi connectivity index (χ1n) is 10.1. The van der Waals surface area contributed by atoms with Gasteiger partial charge in [-0.15, -0.1) is 0 Å². The molecule has 1 aliphatic heterocycles. The molecule has 2 heterocycles. The van der Waals surface area contributed by atoms with E-state index in [1.807, 2.05) is 31.2 Å². The summed E-state index contributed by atoms with van der Waals surface area (Å²) in [5.74, 6) is 0.347. The van der Waals surface area contributed by atoms with Gasteiger partial charge in [-0.1, -0.05) is 42.0 Å². The van der Waals surface area contributed by atoms with Gasteiger partial charge in [0.25, 0.3) is 11.1 Å². The van der Waals surface area contributed by atoms with E-state index in [0.29, 0.717) is 28.6 Å². The summed E-state index contributed by atoms with van der Waals surface area (Å²) in [6.45, 7) is 4.28. The fourth-order valence-corrected chi connectivity index (χ4v) is 4.15. The molecule has 7 heteroatoms. The fraction of sp³-hybridized carbons (Fsp3) is 0.160. The van der Waals surface area contributed by atoms with Gasteiger partial charge in [0.1, 0.15) is 11.5 Å². The molecule has 0 atom stereocenters. The summed E-state index contributed by atoms with van der Waals surface area (Å²) in [6.07, 6.45) is 1.58. The molecule has 2 aromatic carbocycles. The second-order valence-electron chi connectivity index (χ2n) is 7.26. The summed E-state index contributed by atoms with van der Waals surface area (Å²) < 4.78 is 10.8. The molecule has 1 fully saturated rings. The van der Waals surface area contributed by atoms with Gasteiger partial charge in [0.15, 0.2) is 0 Å². The van der Waals surface area contributed by atoms with Crippen molar-refractivity contribution in [2.75, 3.05) is 6.61 Å². The SMILES string of the molecule is CCOC(=O)c1ccc(-c2ccc(/C=C3/SC(=O)N(Cc4cccc(C)c4)C3=O)o2)cc1. The van der Waals surface area contributed by atoms with Crippen LogP contribution in [0.25, 0.3) is 17.4 Å². The Labute approximate surface area is 189 Å². The van der Waals surface area contributed by atoms with Gasteiger partial charge in [-0.05, 0) is 55.4 Å². The van der Waals surface area contributed by atoms with Crippen molar-refractivity contribution < 1.29 is 23.5 Å². The Hall–Kier alpha value is -3.58. The highest BCUT2D eigenvalue weighted by atomic mass is 32.2. The monoisotopic (exact) mass is 447 g/mol. The average molecular weight is 448 g/mol. The summed E-state index contributed by atoms with van der Waals surface area (Å²) >= 11 is 0.902. The number of carbonyl (C=O) groups is 3. The minimum Gasteiger partial charge on any atom is -0.462 e. The van der Waals surface area contributed by atoms with Gasteiger partial charge in [0.2, 0.25) is 0 Å². The van der Waals surface area contributed by atoms with Crippen LogP contribution in [0, 0.1) is 6.92 Å². The molecule has 0 aliphatic carbocycles. The molecule has 162 valence electrons. The molecular formula is C25H21NO5S. The van der Waals surface area contributed by atoms with Gasteiger partial charge in [0.05, 0.1) is 23.6 Å². The van der Waals surface area contributed by atoms with E-state index in [1.54, 1.807) is 49.4 Å². The van der Waals surface area contributed by atoms with Crippen LogP contribution < -0.4 is 0 Å². The van der Waals surface area contributed by atoms with Crippen molar-refractivity contribution >= 4 is 35.0 Å². The molecule has 1 saturated heterocycles. The molecule has 4 rings (SSSR count). The van der Waals surface area contributed by atoms with E-state index in [0.717, 1.165) is 28.5 Å². The minimum atomic E-state index is -0.374. The molecule has 0 saturated carbocycles. The van der Waals surface area contributed by atoms with E-state index in [9.17, 15) is 14.4 Å². The minimum absolute atomic E-state index is 0.236. The first kappa shape index (κ1) is 21.6. The molecule has 0 bridgehead atoms. The van der Waals surface area contributed by atoms with Crippen LogP contribution in [0.15, 0.2) is 70.0 Å². The standard InChI is InChI=1S/C25H21NO5S/c1-3-30-24(28)19-9-7-18(8-10-19)21-12-11-20(31-21)14-22-23(27)26(25(29)32-22)15-17-6-4-5-16(2)13-17/h4-14H,3,15H2,1-2H3/b22-14+. The lowest BCUT2D eigenvalue weighted by Gasteiger charge is -2.12. The maximum atomic E-state index is 12.8. The zero-order valence-corrected chi connectivity index (χ0v) is 18.5. The number of aryl methyl sites for hydroxylation is 1. The molecular weight excluding hydrogens is 426 g/mol. The van der Waals surface area contributed by atoms with Gasteiger partial charge in [-0.3, -0.25) is 14.5 Å². The highest BCUT2D eigenvalue weighted by molar-refractivity contribution is 8.18. The maximum absolute atomic E-state index is 12.8. The number of nitrogens with zero attached hydrogens (tertiary/aromatic N) is 1. The van der Waals surface area contributed by atoms with Gasteiger partial charge in [0, 0.05) is 11.6 Å². The number of esters is 1. The van der Waals surface area contributed by atoms with Crippen LogP contribution in [0.1, 0.15) is 34.2 Å². The van der Waals surface area contributed by atoms with Crippen molar-refractivity contribution in [2.45, 2.75) is 20.4 Å². The zero-order chi connectivity index (χ0) is 22.7. The van der Waals surface area contributed by atoms with E-state index >= 15 is 0 Å². The largest absolute Gasteiger partial charge is 0.462 e. The molecule has 0 radical (unpaired) electrons. The highest BCUT2D eigenvalue weighted by Crippen LogP contribution is 2.34. The van der Waals surface area contributed by atoms with Gasteiger partial charge >= 0.3 is 5.97 Å². The van der Waals surface area contributed by atoms with Crippen LogP contribution >= 0.6 is 11.8 Å². The second-order valence-corrected chi connectivity index (χ2v) is 8.25. The van der Waals surface area contributed by atoms with Crippen molar-refractivity contribution in [3.63, 3.8) is 0 Å². The van der Waals surface area contributed by atoms with Crippen LogP contribution in [0.3, 0.4) is 0 Å². The lowest BCUT2D eigenvalue weighted by Crippen LogP contribution is -2.27. The van der Waals surface area contributed by atoms with E-state index < -0.39 is 0 Å². The van der Waals surface area contributed by atoms with Crippen LogP contribution in [-0.2, 0) is 16.1 Å². The smallest absolute Gasteiger partial charge is 0.338 e. The molecule has 3 aromatic rings. The third kappa shape index (κ3) is 4.68. The highest BCUT2D eigenvalue weighted by Gasteiger charge is 2.35. The zero-order valence-electron chi connectivity index (χ0n) is 17.7. The number of furan rings is 1. The summed E-state index contributed by atoms with van der Waals surface area (Å²) in [5, 5.41) is -0.302. The van der Waals surface area contributed by atoms with E-state index in [2.05, 4.69) is 0 Å². The van der Waals surface area contributed by atoms with Crippen LogP contribution in [-0.4, -0.2) is 28.6 Å². The van der Waals surface area contributed by atoms with Crippen molar-refractivity contribution in [3.8, 4) is 11.3 Å². The molecule has 0 N–H and O–H groups in total. The number of amides is 2.